The number of carbonyl (C=O) groups excluding carboxylic acids is 1. The van der Waals surface area contributed by atoms with E-state index >= 15 is 0 Å². The molecular weight excluding hydrogens is 339 g/mol. The standard InChI is InChI=1S/C15H14BrFN2O2/c1-21-12-4-2-3-10(7-12)9-18-15(20)19-14-6-5-11(17)8-13(14)16/h2-8H,9H2,1H3,(H2,18,19,20). The van der Waals surface area contributed by atoms with Gasteiger partial charge in [0.1, 0.15) is 11.6 Å². The minimum Gasteiger partial charge on any atom is -0.497 e. The molecule has 2 aromatic rings. The van der Waals surface area contributed by atoms with E-state index in [1.165, 1.54) is 18.2 Å². The third-order valence-corrected chi connectivity index (χ3v) is 3.42. The predicted octanol–water partition coefficient (Wildman–Crippen LogP) is 3.92. The quantitative estimate of drug-likeness (QED) is 0.876. The summed E-state index contributed by atoms with van der Waals surface area (Å²) in [5.41, 5.74) is 1.42. The summed E-state index contributed by atoms with van der Waals surface area (Å²) in [5, 5.41) is 5.36. The van der Waals surface area contributed by atoms with Gasteiger partial charge in [0.15, 0.2) is 0 Å². The number of halogens is 2. The molecule has 0 radical (unpaired) electrons. The van der Waals surface area contributed by atoms with Crippen molar-refractivity contribution in [3.8, 4) is 5.75 Å². The first kappa shape index (κ1) is 15.3. The summed E-state index contributed by atoms with van der Waals surface area (Å²) < 4.78 is 18.6. The Morgan fingerprint density at radius 3 is 2.81 bits per heavy atom. The van der Waals surface area contributed by atoms with Crippen molar-refractivity contribution in [1.29, 1.82) is 0 Å². The first-order valence-corrected chi connectivity index (χ1v) is 7.00. The summed E-state index contributed by atoms with van der Waals surface area (Å²) in [6.45, 7) is 0.363. The summed E-state index contributed by atoms with van der Waals surface area (Å²) in [5.74, 6) is 0.361. The number of rotatable bonds is 4. The second-order valence-electron chi connectivity index (χ2n) is 4.28. The highest BCUT2D eigenvalue weighted by molar-refractivity contribution is 9.10. The van der Waals surface area contributed by atoms with Crippen molar-refractivity contribution >= 4 is 27.6 Å². The van der Waals surface area contributed by atoms with Crippen LogP contribution in [0.15, 0.2) is 46.9 Å². The minimum atomic E-state index is -0.371. The summed E-state index contributed by atoms with van der Waals surface area (Å²) in [4.78, 5) is 11.8. The Kier molecular flexibility index (Phi) is 5.16. The molecule has 0 saturated heterocycles. The van der Waals surface area contributed by atoms with Crippen LogP contribution in [0.2, 0.25) is 0 Å². The van der Waals surface area contributed by atoms with Crippen LogP contribution in [-0.2, 0) is 6.54 Å². The predicted molar refractivity (Wildman–Crippen MR) is 83.0 cm³/mol. The molecule has 0 aliphatic carbocycles. The molecule has 2 amide bonds. The second kappa shape index (κ2) is 7.08. The molecule has 0 atom stereocenters. The molecule has 0 aliphatic rings. The lowest BCUT2D eigenvalue weighted by atomic mass is 10.2. The molecule has 110 valence electrons. The number of amides is 2. The number of hydrogen-bond acceptors (Lipinski definition) is 2. The van der Waals surface area contributed by atoms with Crippen LogP contribution in [-0.4, -0.2) is 13.1 Å². The molecular formula is C15H14BrFN2O2. The van der Waals surface area contributed by atoms with Crippen LogP contribution in [0.3, 0.4) is 0 Å². The Labute approximate surface area is 130 Å². The molecule has 0 spiro atoms. The fourth-order valence-corrected chi connectivity index (χ4v) is 2.17. The third-order valence-electron chi connectivity index (χ3n) is 2.77. The molecule has 2 rings (SSSR count). The van der Waals surface area contributed by atoms with Crippen LogP contribution < -0.4 is 15.4 Å². The first-order valence-electron chi connectivity index (χ1n) is 6.21. The number of benzene rings is 2. The summed E-state index contributed by atoms with van der Waals surface area (Å²) in [7, 11) is 1.59. The Balaban J connectivity index is 1.92. The summed E-state index contributed by atoms with van der Waals surface area (Å²) in [6, 6.07) is 11.1. The van der Waals surface area contributed by atoms with Crippen molar-refractivity contribution in [2.75, 3.05) is 12.4 Å². The minimum absolute atomic E-state index is 0.363. The Morgan fingerprint density at radius 2 is 2.10 bits per heavy atom. The van der Waals surface area contributed by atoms with Gasteiger partial charge in [-0.3, -0.25) is 0 Å². The van der Waals surface area contributed by atoms with Gasteiger partial charge in [-0.25, -0.2) is 9.18 Å². The lowest BCUT2D eigenvalue weighted by molar-refractivity contribution is 0.251. The molecule has 6 heteroatoms. The monoisotopic (exact) mass is 352 g/mol. The van der Waals surface area contributed by atoms with Gasteiger partial charge < -0.3 is 15.4 Å². The van der Waals surface area contributed by atoms with E-state index < -0.39 is 0 Å². The zero-order chi connectivity index (χ0) is 15.2. The van der Waals surface area contributed by atoms with Crippen molar-refractivity contribution in [2.45, 2.75) is 6.54 Å². The molecule has 0 fully saturated rings. The molecule has 0 aliphatic heterocycles. The van der Waals surface area contributed by atoms with Gasteiger partial charge in [-0.05, 0) is 51.8 Å². The van der Waals surface area contributed by atoms with Gasteiger partial charge >= 0.3 is 6.03 Å². The number of urea groups is 1. The van der Waals surface area contributed by atoms with E-state index in [1.54, 1.807) is 7.11 Å². The number of nitrogens with one attached hydrogen (secondary N) is 2. The first-order chi connectivity index (χ1) is 10.1. The van der Waals surface area contributed by atoms with Crippen LogP contribution in [0.1, 0.15) is 5.56 Å². The van der Waals surface area contributed by atoms with E-state index in [0.717, 1.165) is 11.3 Å². The van der Waals surface area contributed by atoms with E-state index in [4.69, 9.17) is 4.74 Å². The second-order valence-corrected chi connectivity index (χ2v) is 5.14. The maximum absolute atomic E-state index is 13.0. The molecule has 0 bridgehead atoms. The van der Waals surface area contributed by atoms with Gasteiger partial charge in [-0.15, -0.1) is 0 Å². The molecule has 4 nitrogen and oxygen atoms in total. The number of ether oxygens (including phenoxy) is 1. The number of carbonyl (C=O) groups is 1. The van der Waals surface area contributed by atoms with Gasteiger partial charge in [0.05, 0.1) is 12.8 Å². The van der Waals surface area contributed by atoms with E-state index in [-0.39, 0.29) is 11.8 Å². The molecule has 2 N–H and O–H groups in total. The van der Waals surface area contributed by atoms with Gasteiger partial charge in [0.25, 0.3) is 0 Å². The van der Waals surface area contributed by atoms with Crippen molar-refractivity contribution in [3.05, 3.63) is 58.3 Å². The average Bonchev–Trinajstić information content (AvgIpc) is 2.48. The van der Waals surface area contributed by atoms with Crippen LogP contribution >= 0.6 is 15.9 Å². The summed E-state index contributed by atoms with van der Waals surface area (Å²) >= 11 is 3.19. The smallest absolute Gasteiger partial charge is 0.319 e. The van der Waals surface area contributed by atoms with Crippen LogP contribution in [0.5, 0.6) is 5.75 Å². The van der Waals surface area contributed by atoms with E-state index in [1.807, 2.05) is 24.3 Å². The normalized spacial score (nSPS) is 10.0. The Hall–Kier alpha value is -2.08. The van der Waals surface area contributed by atoms with Crippen molar-refractivity contribution < 1.29 is 13.9 Å². The van der Waals surface area contributed by atoms with E-state index in [2.05, 4.69) is 26.6 Å². The van der Waals surface area contributed by atoms with Crippen molar-refractivity contribution in [3.63, 3.8) is 0 Å². The molecule has 0 aromatic heterocycles. The Bertz CT molecular complexity index is 649. The molecule has 0 saturated carbocycles. The van der Waals surface area contributed by atoms with Gasteiger partial charge in [0.2, 0.25) is 0 Å². The highest BCUT2D eigenvalue weighted by Crippen LogP contribution is 2.22. The zero-order valence-electron chi connectivity index (χ0n) is 11.3. The van der Waals surface area contributed by atoms with Gasteiger partial charge in [0, 0.05) is 11.0 Å². The fraction of sp³-hybridized carbons (Fsp3) is 0.133. The maximum Gasteiger partial charge on any atom is 0.319 e. The maximum atomic E-state index is 13.0. The number of hydrogen-bond donors (Lipinski definition) is 2. The average molecular weight is 353 g/mol. The van der Waals surface area contributed by atoms with Crippen LogP contribution in [0, 0.1) is 5.82 Å². The SMILES string of the molecule is COc1cccc(CNC(=O)Nc2ccc(F)cc2Br)c1. The summed E-state index contributed by atoms with van der Waals surface area (Å²) in [6.07, 6.45) is 0. The molecule has 21 heavy (non-hydrogen) atoms. The topological polar surface area (TPSA) is 50.4 Å². The largest absolute Gasteiger partial charge is 0.497 e. The van der Waals surface area contributed by atoms with Gasteiger partial charge in [-0.2, -0.15) is 0 Å². The van der Waals surface area contributed by atoms with E-state index in [9.17, 15) is 9.18 Å². The van der Waals surface area contributed by atoms with Gasteiger partial charge in [-0.1, -0.05) is 12.1 Å². The number of anilines is 1. The molecule has 0 unspecified atom stereocenters. The molecule has 2 aromatic carbocycles. The Morgan fingerprint density at radius 1 is 1.29 bits per heavy atom. The molecule has 0 heterocycles. The lowest BCUT2D eigenvalue weighted by Crippen LogP contribution is -2.28. The van der Waals surface area contributed by atoms with Crippen LogP contribution in [0.25, 0.3) is 0 Å². The zero-order valence-corrected chi connectivity index (χ0v) is 12.9. The highest BCUT2D eigenvalue weighted by atomic mass is 79.9. The number of methoxy groups -OCH3 is 1. The lowest BCUT2D eigenvalue weighted by Gasteiger charge is -2.10. The van der Waals surface area contributed by atoms with Crippen molar-refractivity contribution in [2.24, 2.45) is 0 Å². The highest BCUT2D eigenvalue weighted by Gasteiger charge is 2.06. The van der Waals surface area contributed by atoms with Crippen molar-refractivity contribution in [1.82, 2.24) is 5.32 Å². The fourth-order valence-electron chi connectivity index (χ4n) is 1.72. The third kappa shape index (κ3) is 4.46. The van der Waals surface area contributed by atoms with Crippen LogP contribution in [0.4, 0.5) is 14.9 Å². The van der Waals surface area contributed by atoms with E-state index in [0.29, 0.717) is 16.7 Å².